The molecule has 2 nitrogen and oxygen atoms in total. The minimum absolute atomic E-state index is 0.441. The summed E-state index contributed by atoms with van der Waals surface area (Å²) >= 11 is 15.6. The fourth-order valence-corrected chi connectivity index (χ4v) is 2.62. The van der Waals surface area contributed by atoms with Gasteiger partial charge in [-0.1, -0.05) is 29.3 Å². The van der Waals surface area contributed by atoms with Crippen LogP contribution in [-0.4, -0.2) is 9.97 Å². The molecule has 0 unspecified atom stereocenters. The second-order valence-electron chi connectivity index (χ2n) is 3.98. The Bertz CT molecular complexity index is 757. The third-order valence-electron chi connectivity index (χ3n) is 2.73. The maximum absolute atomic E-state index is 6.22. The molecule has 2 aromatic carbocycles. The van der Waals surface area contributed by atoms with Gasteiger partial charge in [-0.05, 0) is 52.3 Å². The molecule has 0 aliphatic carbocycles. The Labute approximate surface area is 128 Å². The van der Waals surface area contributed by atoms with E-state index in [-0.39, 0.29) is 0 Å². The van der Waals surface area contributed by atoms with Gasteiger partial charge in [0, 0.05) is 20.4 Å². The molecule has 19 heavy (non-hydrogen) atoms. The first-order valence-corrected chi connectivity index (χ1v) is 7.08. The summed E-state index contributed by atoms with van der Waals surface area (Å²) in [6.07, 6.45) is 0. The molecule has 0 saturated heterocycles. The number of aromatic nitrogens is 2. The highest BCUT2D eigenvalue weighted by Gasteiger charge is 2.09. The molecule has 0 amide bonds. The lowest BCUT2D eigenvalue weighted by molar-refractivity contribution is 1.22. The Hall–Kier alpha value is -1.16. The van der Waals surface area contributed by atoms with Crippen molar-refractivity contribution >= 4 is 50.0 Å². The molecule has 0 bridgehead atoms. The number of halogens is 3. The van der Waals surface area contributed by atoms with Crippen LogP contribution in [-0.2, 0) is 0 Å². The molecule has 0 aliphatic rings. The van der Waals surface area contributed by atoms with Crippen molar-refractivity contribution in [2.75, 3.05) is 0 Å². The molecule has 3 aromatic rings. The fourth-order valence-electron chi connectivity index (χ4n) is 1.81. The summed E-state index contributed by atoms with van der Waals surface area (Å²) in [7, 11) is 0. The Morgan fingerprint density at radius 3 is 2.37 bits per heavy atom. The van der Waals surface area contributed by atoms with Gasteiger partial charge in [0.15, 0.2) is 5.82 Å². The van der Waals surface area contributed by atoms with E-state index in [0.717, 1.165) is 20.9 Å². The summed E-state index contributed by atoms with van der Waals surface area (Å²) in [6, 6.07) is 13.1. The quantitative estimate of drug-likeness (QED) is 0.550. The van der Waals surface area contributed by atoms with Gasteiger partial charge in [-0.2, -0.15) is 0 Å². The van der Waals surface area contributed by atoms with Crippen LogP contribution in [0.1, 0.15) is 0 Å². The minimum Gasteiger partial charge on any atom is -0.227 e. The zero-order chi connectivity index (χ0) is 13.4. The van der Waals surface area contributed by atoms with Gasteiger partial charge in [-0.15, -0.1) is 0 Å². The number of nitrogens with zero attached hydrogens (tertiary/aromatic N) is 2. The van der Waals surface area contributed by atoms with Crippen molar-refractivity contribution in [3.63, 3.8) is 0 Å². The lowest BCUT2D eigenvalue weighted by Crippen LogP contribution is -1.92. The Balaban J connectivity index is 2.25. The lowest BCUT2D eigenvalue weighted by atomic mass is 10.2. The standard InChI is InChI=1S/C14H7BrCl2N2/c15-11-3-1-2-10-12(11)18-14(19-13(10)17)8-4-6-9(16)7-5-8/h1-7H. The van der Waals surface area contributed by atoms with Gasteiger partial charge in [0.25, 0.3) is 0 Å². The molecule has 1 heterocycles. The Morgan fingerprint density at radius 2 is 1.63 bits per heavy atom. The van der Waals surface area contributed by atoms with E-state index in [0.29, 0.717) is 16.0 Å². The molecule has 1 aromatic heterocycles. The molecule has 94 valence electrons. The summed E-state index contributed by atoms with van der Waals surface area (Å²) in [5.74, 6) is 0.584. The van der Waals surface area contributed by atoms with Gasteiger partial charge in [0.2, 0.25) is 0 Å². The second-order valence-corrected chi connectivity index (χ2v) is 5.63. The highest BCUT2D eigenvalue weighted by molar-refractivity contribution is 9.10. The largest absolute Gasteiger partial charge is 0.227 e. The second kappa shape index (κ2) is 5.08. The van der Waals surface area contributed by atoms with E-state index in [1.807, 2.05) is 30.3 Å². The number of hydrogen-bond acceptors (Lipinski definition) is 2. The summed E-state index contributed by atoms with van der Waals surface area (Å²) in [6.45, 7) is 0. The molecule has 0 saturated carbocycles. The molecular weight excluding hydrogens is 347 g/mol. The van der Waals surface area contributed by atoms with Crippen LogP contribution in [0.2, 0.25) is 10.2 Å². The first kappa shape index (κ1) is 12.9. The van der Waals surface area contributed by atoms with Crippen molar-refractivity contribution in [3.8, 4) is 11.4 Å². The average Bonchev–Trinajstić information content (AvgIpc) is 2.41. The van der Waals surface area contributed by atoms with E-state index in [4.69, 9.17) is 23.2 Å². The normalized spacial score (nSPS) is 10.9. The van der Waals surface area contributed by atoms with E-state index < -0.39 is 0 Å². The minimum atomic E-state index is 0.441. The smallest absolute Gasteiger partial charge is 0.161 e. The van der Waals surface area contributed by atoms with Crippen molar-refractivity contribution in [3.05, 3.63) is 57.1 Å². The first-order valence-electron chi connectivity index (χ1n) is 5.53. The molecule has 0 aliphatic heterocycles. The summed E-state index contributed by atoms with van der Waals surface area (Å²) in [5, 5.41) is 1.95. The lowest BCUT2D eigenvalue weighted by Gasteiger charge is -2.06. The predicted octanol–water partition coefficient (Wildman–Crippen LogP) is 5.37. The third-order valence-corrected chi connectivity index (χ3v) is 3.91. The SMILES string of the molecule is Clc1ccc(-c2nc(Cl)c3cccc(Br)c3n2)cc1. The summed E-state index contributed by atoms with van der Waals surface area (Å²) in [4.78, 5) is 8.88. The number of hydrogen-bond donors (Lipinski definition) is 0. The van der Waals surface area contributed by atoms with E-state index in [2.05, 4.69) is 25.9 Å². The first-order chi connectivity index (χ1) is 9.15. The molecule has 0 atom stereocenters. The zero-order valence-electron chi connectivity index (χ0n) is 9.57. The highest BCUT2D eigenvalue weighted by Crippen LogP contribution is 2.29. The van der Waals surface area contributed by atoms with Gasteiger partial charge in [0.05, 0.1) is 5.52 Å². The Morgan fingerprint density at radius 1 is 0.895 bits per heavy atom. The molecule has 0 N–H and O–H groups in total. The molecule has 0 radical (unpaired) electrons. The number of rotatable bonds is 1. The molecule has 3 rings (SSSR count). The van der Waals surface area contributed by atoms with Crippen molar-refractivity contribution in [2.24, 2.45) is 0 Å². The van der Waals surface area contributed by atoms with Crippen molar-refractivity contribution in [2.45, 2.75) is 0 Å². The van der Waals surface area contributed by atoms with Crippen LogP contribution < -0.4 is 0 Å². The van der Waals surface area contributed by atoms with Crippen LogP contribution in [0.4, 0.5) is 0 Å². The van der Waals surface area contributed by atoms with E-state index >= 15 is 0 Å². The summed E-state index contributed by atoms with van der Waals surface area (Å²) in [5.41, 5.74) is 1.68. The molecule has 0 spiro atoms. The van der Waals surface area contributed by atoms with Crippen LogP contribution in [0, 0.1) is 0 Å². The van der Waals surface area contributed by atoms with Crippen molar-refractivity contribution in [1.82, 2.24) is 9.97 Å². The van der Waals surface area contributed by atoms with Gasteiger partial charge in [-0.25, -0.2) is 9.97 Å². The van der Waals surface area contributed by atoms with Gasteiger partial charge in [0.1, 0.15) is 5.15 Å². The van der Waals surface area contributed by atoms with Crippen LogP contribution in [0.3, 0.4) is 0 Å². The number of para-hydroxylation sites is 1. The molecule has 0 fully saturated rings. The van der Waals surface area contributed by atoms with Gasteiger partial charge < -0.3 is 0 Å². The van der Waals surface area contributed by atoms with Crippen LogP contribution >= 0.6 is 39.1 Å². The van der Waals surface area contributed by atoms with Crippen LogP contribution in [0.15, 0.2) is 46.9 Å². The van der Waals surface area contributed by atoms with E-state index in [1.54, 1.807) is 12.1 Å². The maximum Gasteiger partial charge on any atom is 0.161 e. The Kier molecular flexibility index (Phi) is 3.44. The third kappa shape index (κ3) is 2.46. The molecular formula is C14H7BrCl2N2. The average molecular weight is 354 g/mol. The van der Waals surface area contributed by atoms with Crippen LogP contribution in [0.5, 0.6) is 0 Å². The predicted molar refractivity (Wildman–Crippen MR) is 82.7 cm³/mol. The monoisotopic (exact) mass is 352 g/mol. The fraction of sp³-hybridized carbons (Fsp3) is 0. The van der Waals surface area contributed by atoms with E-state index in [1.165, 1.54) is 0 Å². The van der Waals surface area contributed by atoms with E-state index in [9.17, 15) is 0 Å². The number of fused-ring (bicyclic) bond motifs is 1. The van der Waals surface area contributed by atoms with Crippen LogP contribution in [0.25, 0.3) is 22.3 Å². The zero-order valence-corrected chi connectivity index (χ0v) is 12.7. The topological polar surface area (TPSA) is 25.8 Å². The van der Waals surface area contributed by atoms with Gasteiger partial charge >= 0.3 is 0 Å². The van der Waals surface area contributed by atoms with Crippen molar-refractivity contribution in [1.29, 1.82) is 0 Å². The molecule has 5 heteroatoms. The van der Waals surface area contributed by atoms with Gasteiger partial charge in [-0.3, -0.25) is 0 Å². The highest BCUT2D eigenvalue weighted by atomic mass is 79.9. The number of benzene rings is 2. The maximum atomic E-state index is 6.22. The van der Waals surface area contributed by atoms with Crippen molar-refractivity contribution < 1.29 is 0 Å². The summed E-state index contributed by atoms with van der Waals surface area (Å²) < 4.78 is 0.893.